The minimum Gasteiger partial charge on any atom is -0.481 e. The first-order valence-electron chi connectivity index (χ1n) is 7.48. The molecule has 1 aliphatic heterocycles. The number of hydrogen-bond acceptors (Lipinski definition) is 4. The highest BCUT2D eigenvalue weighted by Gasteiger charge is 2.38. The molecule has 2 amide bonds. The monoisotopic (exact) mass is 299 g/mol. The molecule has 21 heavy (non-hydrogen) atoms. The van der Waals surface area contributed by atoms with Gasteiger partial charge in [-0.15, -0.1) is 0 Å². The molecule has 0 radical (unpaired) electrons. The lowest BCUT2D eigenvalue weighted by molar-refractivity contribution is -0.137. The molecule has 1 saturated heterocycles. The van der Waals surface area contributed by atoms with Crippen LogP contribution in [0.5, 0.6) is 0 Å². The van der Waals surface area contributed by atoms with Gasteiger partial charge in [-0.2, -0.15) is 0 Å². The Labute approximate surface area is 124 Å². The van der Waals surface area contributed by atoms with E-state index in [-0.39, 0.29) is 30.5 Å². The van der Waals surface area contributed by atoms with Gasteiger partial charge in [0.15, 0.2) is 0 Å². The first-order valence-corrected chi connectivity index (χ1v) is 7.48. The van der Waals surface area contributed by atoms with Gasteiger partial charge in [-0.25, -0.2) is 4.79 Å². The lowest BCUT2D eigenvalue weighted by atomic mass is 10.1. The van der Waals surface area contributed by atoms with E-state index >= 15 is 0 Å². The van der Waals surface area contributed by atoms with E-state index in [1.807, 2.05) is 19.0 Å². The van der Waals surface area contributed by atoms with Crippen LogP contribution in [-0.2, 0) is 4.79 Å². The summed E-state index contributed by atoms with van der Waals surface area (Å²) < 4.78 is 0. The van der Waals surface area contributed by atoms with Gasteiger partial charge in [0, 0.05) is 25.2 Å². The van der Waals surface area contributed by atoms with E-state index in [9.17, 15) is 14.7 Å². The summed E-state index contributed by atoms with van der Waals surface area (Å²) in [5.74, 6) is -0.608. The molecule has 2 rings (SSSR count). The number of aliphatic hydroxyl groups is 1. The third-order valence-electron chi connectivity index (χ3n) is 4.12. The van der Waals surface area contributed by atoms with E-state index < -0.39 is 12.1 Å². The van der Waals surface area contributed by atoms with Gasteiger partial charge in [-0.05, 0) is 39.3 Å². The standard InChI is InChI=1S/C14H25N3O4/c1-16(2)7-10-5-11(18)8-17(10)14(21)15-12(6-13(19)20)9-3-4-9/h9-12,18H,3-8H2,1-2H3,(H,15,21)(H,19,20). The van der Waals surface area contributed by atoms with Crippen LogP contribution in [-0.4, -0.2) is 77.4 Å². The zero-order valence-electron chi connectivity index (χ0n) is 12.7. The number of rotatable bonds is 6. The first-order chi connectivity index (χ1) is 9.86. The van der Waals surface area contributed by atoms with Crippen molar-refractivity contribution in [2.24, 2.45) is 5.92 Å². The fourth-order valence-electron chi connectivity index (χ4n) is 3.00. The number of carbonyl (C=O) groups is 2. The molecule has 0 spiro atoms. The van der Waals surface area contributed by atoms with Gasteiger partial charge < -0.3 is 25.3 Å². The maximum atomic E-state index is 12.4. The number of carboxylic acid groups (broad SMARTS) is 1. The number of hydrogen-bond donors (Lipinski definition) is 3. The van der Waals surface area contributed by atoms with E-state index in [2.05, 4.69) is 5.32 Å². The average molecular weight is 299 g/mol. The average Bonchev–Trinajstić information content (AvgIpc) is 3.12. The van der Waals surface area contributed by atoms with Crippen LogP contribution in [0.1, 0.15) is 25.7 Å². The molecule has 0 aromatic rings. The highest BCUT2D eigenvalue weighted by Crippen LogP contribution is 2.34. The molecule has 1 saturated carbocycles. The van der Waals surface area contributed by atoms with Crippen LogP contribution in [0.4, 0.5) is 4.79 Å². The summed E-state index contributed by atoms with van der Waals surface area (Å²) in [4.78, 5) is 26.9. The summed E-state index contributed by atoms with van der Waals surface area (Å²) in [5.41, 5.74) is 0. The van der Waals surface area contributed by atoms with Crippen molar-refractivity contribution >= 4 is 12.0 Å². The second-order valence-corrected chi connectivity index (χ2v) is 6.45. The lowest BCUT2D eigenvalue weighted by Gasteiger charge is -2.29. The summed E-state index contributed by atoms with van der Waals surface area (Å²) >= 11 is 0. The molecule has 1 heterocycles. The molecule has 2 aliphatic rings. The van der Waals surface area contributed by atoms with E-state index in [4.69, 9.17) is 5.11 Å². The molecule has 3 unspecified atom stereocenters. The zero-order chi connectivity index (χ0) is 15.6. The summed E-state index contributed by atoms with van der Waals surface area (Å²) in [5, 5.41) is 21.6. The fourth-order valence-corrected chi connectivity index (χ4v) is 3.00. The molecule has 0 aromatic heterocycles. The van der Waals surface area contributed by atoms with Crippen LogP contribution < -0.4 is 5.32 Å². The number of likely N-dealkylation sites (N-methyl/N-ethyl adjacent to an activating group) is 1. The van der Waals surface area contributed by atoms with Gasteiger partial charge in [-0.1, -0.05) is 0 Å². The number of nitrogens with zero attached hydrogens (tertiary/aromatic N) is 2. The number of carbonyl (C=O) groups excluding carboxylic acids is 1. The van der Waals surface area contributed by atoms with E-state index in [1.54, 1.807) is 4.90 Å². The third kappa shape index (κ3) is 4.57. The number of amides is 2. The van der Waals surface area contributed by atoms with Crippen LogP contribution >= 0.6 is 0 Å². The highest BCUT2D eigenvalue weighted by atomic mass is 16.4. The molecule has 7 heteroatoms. The Balaban J connectivity index is 1.95. The molecule has 1 aliphatic carbocycles. The maximum absolute atomic E-state index is 12.4. The molecule has 3 atom stereocenters. The van der Waals surface area contributed by atoms with Crippen molar-refractivity contribution in [1.29, 1.82) is 0 Å². The van der Waals surface area contributed by atoms with E-state index in [1.165, 1.54) is 0 Å². The largest absolute Gasteiger partial charge is 0.481 e. The van der Waals surface area contributed by atoms with Gasteiger partial charge in [0.05, 0.1) is 12.5 Å². The van der Waals surface area contributed by atoms with Gasteiger partial charge in [-0.3, -0.25) is 4.79 Å². The van der Waals surface area contributed by atoms with Crippen LogP contribution in [0.2, 0.25) is 0 Å². The van der Waals surface area contributed by atoms with Crippen LogP contribution in [0, 0.1) is 5.92 Å². The Morgan fingerprint density at radius 1 is 1.38 bits per heavy atom. The van der Waals surface area contributed by atoms with Crippen molar-refractivity contribution in [3.8, 4) is 0 Å². The number of aliphatic hydroxyl groups excluding tert-OH is 1. The van der Waals surface area contributed by atoms with Crippen molar-refractivity contribution in [2.45, 2.75) is 43.9 Å². The quantitative estimate of drug-likeness (QED) is 0.639. The number of aliphatic carboxylic acids is 1. The molecule has 120 valence electrons. The zero-order valence-corrected chi connectivity index (χ0v) is 12.7. The van der Waals surface area contributed by atoms with Gasteiger partial charge in [0.1, 0.15) is 0 Å². The Hall–Kier alpha value is -1.34. The summed E-state index contributed by atoms with van der Waals surface area (Å²) in [6, 6.07) is -0.580. The molecule has 3 N–H and O–H groups in total. The lowest BCUT2D eigenvalue weighted by Crippen LogP contribution is -2.50. The van der Waals surface area contributed by atoms with Gasteiger partial charge in [0.25, 0.3) is 0 Å². The number of likely N-dealkylation sites (tertiary alicyclic amines) is 1. The number of carboxylic acids is 1. The normalized spacial score (nSPS) is 27.0. The molecular formula is C14H25N3O4. The second kappa shape index (κ2) is 6.62. The highest BCUT2D eigenvalue weighted by molar-refractivity contribution is 5.76. The SMILES string of the molecule is CN(C)CC1CC(O)CN1C(=O)NC(CC(=O)O)C1CC1. The maximum Gasteiger partial charge on any atom is 0.318 e. The Morgan fingerprint density at radius 3 is 2.57 bits per heavy atom. The minimum atomic E-state index is -0.890. The number of β-amino-alcohol motifs (C(OH)–C–C–N with tert-alkyl or cyclic N) is 1. The number of urea groups is 1. The van der Waals surface area contributed by atoms with Crippen LogP contribution in [0.15, 0.2) is 0 Å². The Morgan fingerprint density at radius 2 is 2.05 bits per heavy atom. The van der Waals surface area contributed by atoms with E-state index in [0.717, 1.165) is 12.8 Å². The van der Waals surface area contributed by atoms with E-state index in [0.29, 0.717) is 19.5 Å². The van der Waals surface area contributed by atoms with Crippen LogP contribution in [0.3, 0.4) is 0 Å². The molecule has 2 fully saturated rings. The summed E-state index contributed by atoms with van der Waals surface area (Å²) in [6.45, 7) is 1.01. The minimum absolute atomic E-state index is 0.0281. The van der Waals surface area contributed by atoms with Crippen molar-refractivity contribution in [3.63, 3.8) is 0 Å². The van der Waals surface area contributed by atoms with Crippen LogP contribution in [0.25, 0.3) is 0 Å². The van der Waals surface area contributed by atoms with Crippen molar-refractivity contribution in [2.75, 3.05) is 27.2 Å². The summed E-state index contributed by atoms with van der Waals surface area (Å²) in [6.07, 6.45) is 1.98. The Bertz CT molecular complexity index is 398. The fraction of sp³-hybridized carbons (Fsp3) is 0.857. The third-order valence-corrected chi connectivity index (χ3v) is 4.12. The Kier molecular flexibility index (Phi) is 5.05. The first kappa shape index (κ1) is 16.0. The van der Waals surface area contributed by atoms with Gasteiger partial charge >= 0.3 is 12.0 Å². The number of nitrogens with one attached hydrogen (secondary N) is 1. The van der Waals surface area contributed by atoms with Crippen molar-refractivity contribution in [3.05, 3.63) is 0 Å². The smallest absolute Gasteiger partial charge is 0.318 e. The summed E-state index contributed by atoms with van der Waals surface area (Å²) in [7, 11) is 3.86. The topological polar surface area (TPSA) is 93.1 Å². The van der Waals surface area contributed by atoms with Crippen molar-refractivity contribution < 1.29 is 19.8 Å². The predicted octanol–water partition coefficient (Wildman–Crippen LogP) is -0.0539. The van der Waals surface area contributed by atoms with Gasteiger partial charge in [0.2, 0.25) is 0 Å². The molecular weight excluding hydrogens is 274 g/mol. The molecule has 0 aromatic carbocycles. The van der Waals surface area contributed by atoms with Crippen molar-refractivity contribution in [1.82, 2.24) is 15.1 Å². The molecule has 0 bridgehead atoms. The second-order valence-electron chi connectivity index (χ2n) is 6.45. The molecule has 7 nitrogen and oxygen atoms in total. The predicted molar refractivity (Wildman–Crippen MR) is 77.0 cm³/mol.